The first-order valence-electron chi connectivity index (χ1n) is 6.34. The van der Waals surface area contributed by atoms with Crippen LogP contribution in [0.4, 0.5) is 17.6 Å². The maximum Gasteiger partial charge on any atom is 0.323 e. The van der Waals surface area contributed by atoms with Crippen molar-refractivity contribution in [3.05, 3.63) is 34.9 Å². The topological polar surface area (TPSA) is 63.3 Å². The van der Waals surface area contributed by atoms with Crippen LogP contribution in [0.3, 0.4) is 0 Å². The Morgan fingerprint density at radius 2 is 1.76 bits per heavy atom. The van der Waals surface area contributed by atoms with Crippen LogP contribution < -0.4 is 5.73 Å². The number of hydrogen-bond acceptors (Lipinski definition) is 2. The van der Waals surface area contributed by atoms with Crippen molar-refractivity contribution in [1.82, 2.24) is 0 Å². The molecule has 1 aromatic rings. The number of benzene rings is 1. The number of carbonyl (C=O) groups is 1. The average Bonchev–Trinajstić information content (AvgIpc) is 2.39. The molecule has 118 valence electrons. The summed E-state index contributed by atoms with van der Waals surface area (Å²) < 4.78 is 53.1. The van der Waals surface area contributed by atoms with E-state index in [1.54, 1.807) is 6.92 Å². The van der Waals surface area contributed by atoms with Gasteiger partial charge in [-0.05, 0) is 36.8 Å². The van der Waals surface area contributed by atoms with Gasteiger partial charge in [-0.25, -0.2) is 17.6 Å². The molecule has 1 aromatic carbocycles. The van der Waals surface area contributed by atoms with E-state index in [0.29, 0.717) is 6.07 Å². The third-order valence-electron chi connectivity index (χ3n) is 3.71. The molecule has 3 unspecified atom stereocenters. The smallest absolute Gasteiger partial charge is 0.323 e. The van der Waals surface area contributed by atoms with Gasteiger partial charge in [0.05, 0.1) is 0 Å². The molecular weight excluding hydrogens is 290 g/mol. The van der Waals surface area contributed by atoms with Crippen LogP contribution in [0, 0.1) is 29.2 Å². The zero-order chi connectivity index (χ0) is 16.5. The molecule has 0 aliphatic rings. The SMILES string of the molecule is CC(CC(C)(N)C(=O)O)C(C)c1cc(F)c(F)c(F)c1F. The highest BCUT2D eigenvalue weighted by Gasteiger charge is 2.33. The molecule has 0 fully saturated rings. The molecule has 0 bridgehead atoms. The number of halogens is 4. The van der Waals surface area contributed by atoms with Gasteiger partial charge in [-0.2, -0.15) is 0 Å². The van der Waals surface area contributed by atoms with Crippen molar-refractivity contribution in [1.29, 1.82) is 0 Å². The van der Waals surface area contributed by atoms with Crippen LogP contribution in [0.15, 0.2) is 6.07 Å². The molecule has 0 aliphatic carbocycles. The monoisotopic (exact) mass is 307 g/mol. The van der Waals surface area contributed by atoms with Gasteiger partial charge in [0.2, 0.25) is 0 Å². The average molecular weight is 307 g/mol. The lowest BCUT2D eigenvalue weighted by atomic mass is 9.80. The predicted molar refractivity (Wildman–Crippen MR) is 68.7 cm³/mol. The summed E-state index contributed by atoms with van der Waals surface area (Å²) in [4.78, 5) is 11.0. The Labute approximate surface area is 119 Å². The molecule has 0 radical (unpaired) electrons. The Hall–Kier alpha value is -1.63. The maximum atomic E-state index is 13.7. The lowest BCUT2D eigenvalue weighted by molar-refractivity contribution is -0.143. The van der Waals surface area contributed by atoms with E-state index in [1.807, 2.05) is 0 Å². The highest BCUT2D eigenvalue weighted by Crippen LogP contribution is 2.33. The molecule has 3 atom stereocenters. The molecule has 3 N–H and O–H groups in total. The van der Waals surface area contributed by atoms with Crippen molar-refractivity contribution >= 4 is 5.97 Å². The summed E-state index contributed by atoms with van der Waals surface area (Å²) in [5, 5.41) is 8.95. The van der Waals surface area contributed by atoms with E-state index in [2.05, 4.69) is 0 Å². The first kappa shape index (κ1) is 17.4. The van der Waals surface area contributed by atoms with E-state index in [1.165, 1.54) is 13.8 Å². The maximum absolute atomic E-state index is 13.7. The predicted octanol–water partition coefficient (Wildman–Crippen LogP) is 3.17. The second-order valence-corrected chi connectivity index (χ2v) is 5.58. The van der Waals surface area contributed by atoms with Crippen molar-refractivity contribution in [2.45, 2.75) is 38.6 Å². The first-order chi connectivity index (χ1) is 9.49. The molecule has 0 amide bonds. The van der Waals surface area contributed by atoms with Gasteiger partial charge in [-0.1, -0.05) is 13.8 Å². The fourth-order valence-electron chi connectivity index (χ4n) is 2.16. The summed E-state index contributed by atoms with van der Waals surface area (Å²) >= 11 is 0. The fraction of sp³-hybridized carbons (Fsp3) is 0.500. The standard InChI is InChI=1S/C14H17F4NO2/c1-6(5-14(3,19)13(20)21)7(2)8-4-9(15)11(17)12(18)10(8)16/h4,6-7H,5,19H2,1-3H3,(H,20,21). The van der Waals surface area contributed by atoms with Crippen molar-refractivity contribution in [3.8, 4) is 0 Å². The summed E-state index contributed by atoms with van der Waals surface area (Å²) in [5.74, 6) is -9.17. The molecule has 0 aromatic heterocycles. The van der Waals surface area contributed by atoms with Gasteiger partial charge in [0.25, 0.3) is 0 Å². The molecule has 0 heterocycles. The second kappa shape index (κ2) is 6.01. The van der Waals surface area contributed by atoms with E-state index in [0.717, 1.165) is 0 Å². The van der Waals surface area contributed by atoms with Crippen molar-refractivity contribution in [2.24, 2.45) is 11.7 Å². The largest absolute Gasteiger partial charge is 0.480 e. The molecule has 3 nitrogen and oxygen atoms in total. The summed E-state index contributed by atoms with van der Waals surface area (Å²) in [6.45, 7) is 4.34. The Balaban J connectivity index is 3.09. The van der Waals surface area contributed by atoms with Crippen LogP contribution in [0.5, 0.6) is 0 Å². The molecule has 7 heteroatoms. The normalized spacial score (nSPS) is 17.1. The molecular formula is C14H17F4NO2. The van der Waals surface area contributed by atoms with Gasteiger partial charge in [0.15, 0.2) is 23.3 Å². The van der Waals surface area contributed by atoms with Gasteiger partial charge in [-0.3, -0.25) is 4.79 Å². The molecule has 0 aliphatic heterocycles. The second-order valence-electron chi connectivity index (χ2n) is 5.58. The Kier molecular flexibility index (Phi) is 4.99. The number of rotatable bonds is 5. The Bertz CT molecular complexity index is 560. The van der Waals surface area contributed by atoms with Crippen molar-refractivity contribution in [2.75, 3.05) is 0 Å². The van der Waals surface area contributed by atoms with E-state index in [9.17, 15) is 22.4 Å². The van der Waals surface area contributed by atoms with Gasteiger partial charge in [0.1, 0.15) is 5.54 Å². The van der Waals surface area contributed by atoms with E-state index in [4.69, 9.17) is 10.8 Å². The lowest BCUT2D eigenvalue weighted by Gasteiger charge is -2.28. The third kappa shape index (κ3) is 3.53. The zero-order valence-electron chi connectivity index (χ0n) is 11.9. The minimum atomic E-state index is -1.88. The number of carboxylic acid groups (broad SMARTS) is 1. The van der Waals surface area contributed by atoms with Crippen molar-refractivity contribution < 1.29 is 27.5 Å². The number of nitrogens with two attached hydrogens (primary N) is 1. The highest BCUT2D eigenvalue weighted by molar-refractivity contribution is 5.77. The van der Waals surface area contributed by atoms with Crippen LogP contribution in [0.1, 0.15) is 38.7 Å². The lowest BCUT2D eigenvalue weighted by Crippen LogP contribution is -2.46. The summed E-state index contributed by atoms with van der Waals surface area (Å²) in [7, 11) is 0. The minimum Gasteiger partial charge on any atom is -0.480 e. The van der Waals surface area contributed by atoms with Crippen LogP contribution in [-0.4, -0.2) is 16.6 Å². The van der Waals surface area contributed by atoms with Gasteiger partial charge in [-0.15, -0.1) is 0 Å². The van der Waals surface area contributed by atoms with E-state index >= 15 is 0 Å². The molecule has 1 rings (SSSR count). The van der Waals surface area contributed by atoms with E-state index in [-0.39, 0.29) is 12.0 Å². The van der Waals surface area contributed by atoms with Crippen molar-refractivity contribution in [3.63, 3.8) is 0 Å². The molecule has 21 heavy (non-hydrogen) atoms. The summed E-state index contributed by atoms with van der Waals surface area (Å²) in [5.41, 5.74) is 3.70. The zero-order valence-corrected chi connectivity index (χ0v) is 11.9. The third-order valence-corrected chi connectivity index (χ3v) is 3.71. The highest BCUT2D eigenvalue weighted by atomic mass is 19.2. The van der Waals surface area contributed by atoms with Crippen LogP contribution >= 0.6 is 0 Å². The van der Waals surface area contributed by atoms with Crippen LogP contribution in [0.2, 0.25) is 0 Å². The van der Waals surface area contributed by atoms with Crippen LogP contribution in [0.25, 0.3) is 0 Å². The molecule has 0 saturated carbocycles. The Morgan fingerprint density at radius 1 is 1.24 bits per heavy atom. The Morgan fingerprint density at radius 3 is 2.24 bits per heavy atom. The fourth-order valence-corrected chi connectivity index (χ4v) is 2.16. The quantitative estimate of drug-likeness (QED) is 0.499. The van der Waals surface area contributed by atoms with Gasteiger partial charge in [0, 0.05) is 0 Å². The molecule has 0 spiro atoms. The summed E-state index contributed by atoms with van der Waals surface area (Å²) in [6.07, 6.45) is -0.0381. The van der Waals surface area contributed by atoms with E-state index < -0.39 is 46.6 Å². The number of hydrogen-bond donors (Lipinski definition) is 2. The van der Waals surface area contributed by atoms with Crippen LogP contribution in [-0.2, 0) is 4.79 Å². The van der Waals surface area contributed by atoms with Gasteiger partial charge < -0.3 is 10.8 Å². The van der Waals surface area contributed by atoms with Gasteiger partial charge >= 0.3 is 5.97 Å². The minimum absolute atomic E-state index is 0.0381. The first-order valence-corrected chi connectivity index (χ1v) is 6.34. The summed E-state index contributed by atoms with van der Waals surface area (Å²) in [6, 6.07) is 0.587. The number of aliphatic carboxylic acids is 1. The molecule has 0 saturated heterocycles. The number of carboxylic acids is 1.